The van der Waals surface area contributed by atoms with E-state index in [0.29, 0.717) is 5.92 Å². The lowest BCUT2D eigenvalue weighted by Gasteiger charge is -2.16. The third-order valence-corrected chi connectivity index (χ3v) is 3.04. The zero-order valence-corrected chi connectivity index (χ0v) is 9.34. The predicted molar refractivity (Wildman–Crippen MR) is 65.9 cm³/mol. The molecule has 1 N–H and O–H groups in total. The van der Waals surface area contributed by atoms with Crippen LogP contribution in [0.4, 0.5) is 0 Å². The van der Waals surface area contributed by atoms with E-state index in [9.17, 15) is 0 Å². The van der Waals surface area contributed by atoms with Gasteiger partial charge in [0, 0.05) is 0 Å². The lowest BCUT2D eigenvalue weighted by Crippen LogP contribution is -2.10. The fourth-order valence-electron chi connectivity index (χ4n) is 2.15. The topological polar surface area (TPSA) is 32.6 Å². The third-order valence-electron chi connectivity index (χ3n) is 3.04. The fourth-order valence-corrected chi connectivity index (χ4v) is 2.15. The average Bonchev–Trinajstić information content (AvgIpc) is 2.38. The molecule has 0 spiro atoms. The molecule has 2 nitrogen and oxygen atoms in total. The Morgan fingerprint density at radius 3 is 2.75 bits per heavy atom. The van der Waals surface area contributed by atoms with E-state index in [1.54, 1.807) is 0 Å². The van der Waals surface area contributed by atoms with Gasteiger partial charge in [0.15, 0.2) is 0 Å². The molecule has 84 valence electrons. The summed E-state index contributed by atoms with van der Waals surface area (Å²) in [4.78, 5) is 0. The van der Waals surface area contributed by atoms with E-state index < -0.39 is 0 Å². The number of benzene rings is 1. The van der Waals surface area contributed by atoms with Gasteiger partial charge in [-0.2, -0.15) is 0 Å². The predicted octanol–water partition coefficient (Wildman–Crippen LogP) is 3.61. The summed E-state index contributed by atoms with van der Waals surface area (Å²) in [5.41, 5.74) is 1.81. The van der Waals surface area contributed by atoms with Crippen LogP contribution >= 0.6 is 0 Å². The second kappa shape index (κ2) is 5.50. The summed E-state index contributed by atoms with van der Waals surface area (Å²) in [6.45, 7) is 0. The highest BCUT2D eigenvalue weighted by molar-refractivity contribution is 6.00. The minimum Gasteiger partial charge on any atom is -0.411 e. The van der Waals surface area contributed by atoms with Crippen LogP contribution in [0.3, 0.4) is 0 Å². The van der Waals surface area contributed by atoms with Crippen molar-refractivity contribution in [2.24, 2.45) is 11.1 Å². The molecule has 0 bridgehead atoms. The van der Waals surface area contributed by atoms with Gasteiger partial charge in [0.2, 0.25) is 0 Å². The first kappa shape index (κ1) is 10.9. The van der Waals surface area contributed by atoms with Gasteiger partial charge in [-0.05, 0) is 37.2 Å². The van der Waals surface area contributed by atoms with Gasteiger partial charge in [-0.25, -0.2) is 0 Å². The third kappa shape index (κ3) is 2.72. The van der Waals surface area contributed by atoms with E-state index in [-0.39, 0.29) is 0 Å². The van der Waals surface area contributed by atoms with E-state index in [1.807, 2.05) is 30.3 Å². The highest BCUT2D eigenvalue weighted by atomic mass is 16.4. The number of nitrogens with zero attached hydrogens (tertiary/aromatic N) is 1. The molecule has 0 saturated carbocycles. The van der Waals surface area contributed by atoms with Crippen LogP contribution in [0, 0.1) is 5.92 Å². The summed E-state index contributed by atoms with van der Waals surface area (Å²) < 4.78 is 0. The van der Waals surface area contributed by atoms with Crippen LogP contribution in [-0.2, 0) is 0 Å². The van der Waals surface area contributed by atoms with E-state index in [4.69, 9.17) is 5.21 Å². The van der Waals surface area contributed by atoms with Crippen molar-refractivity contribution in [1.29, 1.82) is 0 Å². The lowest BCUT2D eigenvalue weighted by molar-refractivity contribution is 0.316. The Morgan fingerprint density at radius 2 is 2.12 bits per heavy atom. The molecule has 0 amide bonds. The summed E-state index contributed by atoms with van der Waals surface area (Å²) in [5.74, 6) is 0.528. The smallest absolute Gasteiger partial charge is 0.0873 e. The minimum absolute atomic E-state index is 0.528. The number of oxime groups is 1. The molecule has 1 atom stereocenters. The van der Waals surface area contributed by atoms with Crippen LogP contribution in [0.25, 0.3) is 0 Å². The van der Waals surface area contributed by atoms with Crippen molar-refractivity contribution in [3.63, 3.8) is 0 Å². The quantitative estimate of drug-likeness (QED) is 0.355. The van der Waals surface area contributed by atoms with Gasteiger partial charge in [0.1, 0.15) is 0 Å². The maximum atomic E-state index is 9.07. The zero-order chi connectivity index (χ0) is 11.2. The summed E-state index contributed by atoms with van der Waals surface area (Å²) in [7, 11) is 0. The molecule has 1 aliphatic carbocycles. The molecule has 2 heteroatoms. The largest absolute Gasteiger partial charge is 0.411 e. The van der Waals surface area contributed by atoms with Crippen LogP contribution < -0.4 is 0 Å². The zero-order valence-electron chi connectivity index (χ0n) is 9.34. The van der Waals surface area contributed by atoms with Crippen LogP contribution in [0.1, 0.15) is 31.2 Å². The molecule has 0 fully saturated rings. The monoisotopic (exact) mass is 215 g/mol. The summed E-state index contributed by atoms with van der Waals surface area (Å²) in [6, 6.07) is 9.89. The summed E-state index contributed by atoms with van der Waals surface area (Å²) >= 11 is 0. The van der Waals surface area contributed by atoms with E-state index in [0.717, 1.165) is 17.7 Å². The fraction of sp³-hybridized carbons (Fsp3) is 0.357. The second-order valence-corrected chi connectivity index (χ2v) is 4.24. The Hall–Kier alpha value is -1.57. The summed E-state index contributed by atoms with van der Waals surface area (Å²) in [5, 5.41) is 12.5. The Labute approximate surface area is 96.3 Å². The molecule has 0 aliphatic heterocycles. The highest BCUT2D eigenvalue weighted by Crippen LogP contribution is 2.22. The van der Waals surface area contributed by atoms with Crippen LogP contribution in [0.5, 0.6) is 0 Å². The first-order valence-electron chi connectivity index (χ1n) is 5.83. The molecule has 16 heavy (non-hydrogen) atoms. The maximum Gasteiger partial charge on any atom is 0.0873 e. The molecule has 0 saturated heterocycles. The Balaban J connectivity index is 2.07. The van der Waals surface area contributed by atoms with Gasteiger partial charge >= 0.3 is 0 Å². The van der Waals surface area contributed by atoms with Gasteiger partial charge in [-0.15, -0.1) is 0 Å². The molecule has 0 aromatic heterocycles. The highest BCUT2D eigenvalue weighted by Gasteiger charge is 2.13. The van der Waals surface area contributed by atoms with Crippen molar-refractivity contribution in [2.45, 2.75) is 25.7 Å². The van der Waals surface area contributed by atoms with Crippen LogP contribution in [-0.4, -0.2) is 10.9 Å². The Bertz CT molecular complexity index is 381. The van der Waals surface area contributed by atoms with Crippen LogP contribution in [0.15, 0.2) is 47.6 Å². The van der Waals surface area contributed by atoms with Gasteiger partial charge in [0.05, 0.1) is 5.71 Å². The Morgan fingerprint density at radius 1 is 1.31 bits per heavy atom. The van der Waals surface area contributed by atoms with E-state index in [2.05, 4.69) is 17.3 Å². The van der Waals surface area contributed by atoms with E-state index >= 15 is 0 Å². The number of hydrogen-bond acceptors (Lipinski definition) is 2. The minimum atomic E-state index is 0.528. The Kier molecular flexibility index (Phi) is 3.76. The molecular formula is C14H17NO. The van der Waals surface area contributed by atoms with Crippen molar-refractivity contribution < 1.29 is 5.21 Å². The normalized spacial score (nSPS) is 21.0. The maximum absolute atomic E-state index is 9.07. The molecule has 1 aromatic rings. The SMILES string of the molecule is O/N=C(/CC1C=CCCC1)c1ccccc1. The number of hydrogen-bond donors (Lipinski definition) is 1. The average molecular weight is 215 g/mol. The molecular weight excluding hydrogens is 198 g/mol. The van der Waals surface area contributed by atoms with Gasteiger partial charge in [-0.3, -0.25) is 0 Å². The number of allylic oxidation sites excluding steroid dienone is 2. The van der Waals surface area contributed by atoms with Gasteiger partial charge in [-0.1, -0.05) is 47.6 Å². The summed E-state index contributed by atoms with van der Waals surface area (Å²) in [6.07, 6.45) is 8.94. The second-order valence-electron chi connectivity index (χ2n) is 4.24. The van der Waals surface area contributed by atoms with Crippen molar-refractivity contribution in [1.82, 2.24) is 0 Å². The lowest BCUT2D eigenvalue weighted by atomic mass is 9.89. The molecule has 2 rings (SSSR count). The van der Waals surface area contributed by atoms with Gasteiger partial charge in [0.25, 0.3) is 0 Å². The molecule has 0 radical (unpaired) electrons. The van der Waals surface area contributed by atoms with Crippen molar-refractivity contribution in [3.8, 4) is 0 Å². The molecule has 1 unspecified atom stereocenters. The molecule has 0 heterocycles. The van der Waals surface area contributed by atoms with E-state index in [1.165, 1.54) is 19.3 Å². The first-order chi connectivity index (χ1) is 7.90. The van der Waals surface area contributed by atoms with Crippen molar-refractivity contribution >= 4 is 5.71 Å². The van der Waals surface area contributed by atoms with Gasteiger partial charge < -0.3 is 5.21 Å². The molecule has 1 aliphatic rings. The van der Waals surface area contributed by atoms with Crippen LogP contribution in [0.2, 0.25) is 0 Å². The number of rotatable bonds is 3. The first-order valence-corrected chi connectivity index (χ1v) is 5.83. The standard InChI is InChI=1S/C14H17NO/c16-15-14(13-9-5-2-6-10-13)11-12-7-3-1-4-8-12/h2-3,5-7,9-10,12,16H,1,4,8,11H2/b15-14-. The van der Waals surface area contributed by atoms with Crippen molar-refractivity contribution in [2.75, 3.05) is 0 Å². The molecule has 1 aromatic carbocycles. The van der Waals surface area contributed by atoms with Crippen molar-refractivity contribution in [3.05, 3.63) is 48.0 Å².